The summed E-state index contributed by atoms with van der Waals surface area (Å²) in [5.41, 5.74) is 4.16. The summed E-state index contributed by atoms with van der Waals surface area (Å²) in [6, 6.07) is 18.3. The summed E-state index contributed by atoms with van der Waals surface area (Å²) in [5, 5.41) is 3.35. The molecule has 0 saturated heterocycles. The molecule has 0 aliphatic heterocycles. The third-order valence-corrected chi connectivity index (χ3v) is 6.48. The molecule has 3 rings (SSSR count). The van der Waals surface area contributed by atoms with Crippen LogP contribution >= 0.6 is 15.9 Å². The number of halogens is 1. The van der Waals surface area contributed by atoms with Crippen molar-refractivity contribution in [1.82, 2.24) is 0 Å². The molecule has 0 spiro atoms. The second kappa shape index (κ2) is 9.53. The molecule has 0 radical (unpaired) electrons. The molecular weight excluding hydrogens is 466 g/mol. The summed E-state index contributed by atoms with van der Waals surface area (Å²) >= 11 is 3.42. The number of hydrogen-bond acceptors (Lipinski definition) is 5. The van der Waals surface area contributed by atoms with Crippen LogP contribution in [0.1, 0.15) is 23.6 Å². The van der Waals surface area contributed by atoms with Gasteiger partial charge in [0.15, 0.2) is 11.5 Å². The van der Waals surface area contributed by atoms with Crippen LogP contribution in [-0.2, 0) is 23.1 Å². The Hall–Kier alpha value is -2.51. The zero-order valence-electron chi connectivity index (χ0n) is 17.1. The minimum atomic E-state index is -3.99. The molecule has 5 nitrogen and oxygen atoms in total. The number of anilines is 1. The Morgan fingerprint density at radius 1 is 0.967 bits per heavy atom. The lowest BCUT2D eigenvalue weighted by molar-refractivity contribution is 0.389. The number of ether oxygens (including phenoxy) is 1. The van der Waals surface area contributed by atoms with Crippen molar-refractivity contribution in [2.24, 2.45) is 0 Å². The highest BCUT2D eigenvalue weighted by Crippen LogP contribution is 2.38. The van der Waals surface area contributed by atoms with Gasteiger partial charge in [0.2, 0.25) is 0 Å². The van der Waals surface area contributed by atoms with Crippen LogP contribution in [0.2, 0.25) is 0 Å². The first-order valence-corrected chi connectivity index (χ1v) is 11.7. The van der Waals surface area contributed by atoms with Crippen LogP contribution in [0.25, 0.3) is 0 Å². The minimum Gasteiger partial charge on any atom is -0.493 e. The Morgan fingerprint density at radius 2 is 1.63 bits per heavy atom. The molecule has 0 heterocycles. The summed E-state index contributed by atoms with van der Waals surface area (Å²) in [6.07, 6.45) is 0.997. The summed E-state index contributed by atoms with van der Waals surface area (Å²) < 4.78 is 36.6. The van der Waals surface area contributed by atoms with E-state index in [9.17, 15) is 8.42 Å². The van der Waals surface area contributed by atoms with Crippen LogP contribution in [0.3, 0.4) is 0 Å². The Bertz CT molecular complexity index is 1110. The number of aryl methyl sites for hydroxylation is 2. The maximum atomic E-state index is 12.7. The zero-order valence-corrected chi connectivity index (χ0v) is 19.5. The fourth-order valence-electron chi connectivity index (χ4n) is 2.88. The lowest BCUT2D eigenvalue weighted by atomic mass is 10.1. The molecule has 0 aliphatic rings. The third kappa shape index (κ3) is 5.34. The summed E-state index contributed by atoms with van der Waals surface area (Å²) in [5.74, 6) is 0.451. The SMILES string of the molecule is CCc1ccc(NCc2cc(Br)c(OS(=O)(=O)c3ccc(C)cc3)c(OC)c2)cc1. The quantitative estimate of drug-likeness (QED) is 0.410. The van der Waals surface area contributed by atoms with E-state index in [0.29, 0.717) is 16.8 Å². The van der Waals surface area contributed by atoms with E-state index in [1.165, 1.54) is 24.8 Å². The van der Waals surface area contributed by atoms with Crippen LogP contribution < -0.4 is 14.2 Å². The van der Waals surface area contributed by atoms with Gasteiger partial charge in [-0.25, -0.2) is 0 Å². The van der Waals surface area contributed by atoms with Gasteiger partial charge >= 0.3 is 10.1 Å². The van der Waals surface area contributed by atoms with Crippen molar-refractivity contribution < 1.29 is 17.3 Å². The van der Waals surface area contributed by atoms with Crippen molar-refractivity contribution in [1.29, 1.82) is 0 Å². The van der Waals surface area contributed by atoms with E-state index in [1.807, 2.05) is 25.1 Å². The molecular formula is C23H24BrNO4S. The first kappa shape index (κ1) is 22.2. The smallest absolute Gasteiger partial charge is 0.339 e. The Balaban J connectivity index is 1.80. The van der Waals surface area contributed by atoms with Crippen LogP contribution in [0.15, 0.2) is 70.0 Å². The van der Waals surface area contributed by atoms with Gasteiger partial charge in [0.1, 0.15) is 4.90 Å². The van der Waals surface area contributed by atoms with Crippen molar-refractivity contribution >= 4 is 31.7 Å². The monoisotopic (exact) mass is 489 g/mol. The molecule has 0 saturated carbocycles. The molecule has 0 aromatic heterocycles. The van der Waals surface area contributed by atoms with E-state index in [4.69, 9.17) is 8.92 Å². The molecule has 1 N–H and O–H groups in total. The molecule has 0 aliphatic carbocycles. The average molecular weight is 490 g/mol. The third-order valence-electron chi connectivity index (χ3n) is 4.65. The molecule has 0 unspecified atom stereocenters. The highest BCUT2D eigenvalue weighted by molar-refractivity contribution is 9.10. The van der Waals surface area contributed by atoms with Crippen LogP contribution in [-0.4, -0.2) is 15.5 Å². The summed E-state index contributed by atoms with van der Waals surface area (Å²) in [6.45, 7) is 4.56. The maximum absolute atomic E-state index is 12.7. The molecule has 3 aromatic rings. The second-order valence-corrected chi connectivity index (χ2v) is 9.26. The first-order chi connectivity index (χ1) is 14.3. The van der Waals surface area contributed by atoms with Gasteiger partial charge in [0.05, 0.1) is 11.6 Å². The van der Waals surface area contributed by atoms with Crippen LogP contribution in [0.5, 0.6) is 11.5 Å². The van der Waals surface area contributed by atoms with Crippen molar-refractivity contribution in [2.75, 3.05) is 12.4 Å². The molecule has 30 heavy (non-hydrogen) atoms. The van der Waals surface area contributed by atoms with E-state index in [2.05, 4.69) is 40.3 Å². The standard InChI is InChI=1S/C23H24BrNO4S/c1-4-17-7-9-19(10-8-17)25-15-18-13-21(24)23(22(14-18)28-3)29-30(26,27)20-11-5-16(2)6-12-20/h5-14,25H,4,15H2,1-3H3. The minimum absolute atomic E-state index is 0.0864. The fourth-order valence-corrected chi connectivity index (χ4v) is 4.52. The average Bonchev–Trinajstić information content (AvgIpc) is 2.74. The number of nitrogens with one attached hydrogen (secondary N) is 1. The molecule has 7 heteroatoms. The predicted molar refractivity (Wildman–Crippen MR) is 123 cm³/mol. The van der Waals surface area contributed by atoms with Crippen molar-refractivity contribution in [3.63, 3.8) is 0 Å². The summed E-state index contributed by atoms with van der Waals surface area (Å²) in [4.78, 5) is 0.0864. The van der Waals surface area contributed by atoms with Gasteiger partial charge in [0, 0.05) is 12.2 Å². The Morgan fingerprint density at radius 3 is 2.23 bits per heavy atom. The lowest BCUT2D eigenvalue weighted by Gasteiger charge is -2.15. The molecule has 3 aromatic carbocycles. The van der Waals surface area contributed by atoms with E-state index in [-0.39, 0.29) is 10.6 Å². The van der Waals surface area contributed by atoms with Gasteiger partial charge in [-0.05, 0) is 76.8 Å². The number of benzene rings is 3. The number of hydrogen-bond donors (Lipinski definition) is 1. The highest BCUT2D eigenvalue weighted by atomic mass is 79.9. The van der Waals surface area contributed by atoms with Crippen molar-refractivity contribution in [2.45, 2.75) is 31.7 Å². The Labute approximate surface area is 186 Å². The van der Waals surface area contributed by atoms with E-state index in [1.54, 1.807) is 18.2 Å². The van der Waals surface area contributed by atoms with Gasteiger partial charge in [-0.1, -0.05) is 36.8 Å². The van der Waals surface area contributed by atoms with E-state index < -0.39 is 10.1 Å². The Kier molecular flexibility index (Phi) is 7.05. The molecule has 0 amide bonds. The number of methoxy groups -OCH3 is 1. The summed E-state index contributed by atoms with van der Waals surface area (Å²) in [7, 11) is -2.51. The second-order valence-electron chi connectivity index (χ2n) is 6.86. The molecule has 0 bridgehead atoms. The van der Waals surface area contributed by atoms with Crippen molar-refractivity contribution in [3.8, 4) is 11.5 Å². The fraction of sp³-hybridized carbons (Fsp3) is 0.217. The number of rotatable bonds is 8. The van der Waals surface area contributed by atoms with E-state index in [0.717, 1.165) is 23.2 Å². The van der Waals surface area contributed by atoms with Gasteiger partial charge in [0.25, 0.3) is 0 Å². The zero-order chi connectivity index (χ0) is 21.7. The molecule has 0 fully saturated rings. The van der Waals surface area contributed by atoms with Crippen LogP contribution in [0.4, 0.5) is 5.69 Å². The van der Waals surface area contributed by atoms with Gasteiger partial charge in [-0.15, -0.1) is 0 Å². The highest BCUT2D eigenvalue weighted by Gasteiger charge is 2.22. The van der Waals surface area contributed by atoms with Gasteiger partial charge in [-0.2, -0.15) is 8.42 Å². The maximum Gasteiger partial charge on any atom is 0.339 e. The largest absolute Gasteiger partial charge is 0.493 e. The lowest BCUT2D eigenvalue weighted by Crippen LogP contribution is -2.11. The van der Waals surface area contributed by atoms with Crippen molar-refractivity contribution in [3.05, 3.63) is 81.8 Å². The predicted octanol–water partition coefficient (Wildman–Crippen LogP) is 5.71. The van der Waals surface area contributed by atoms with E-state index >= 15 is 0 Å². The van der Waals surface area contributed by atoms with Gasteiger partial charge in [-0.3, -0.25) is 0 Å². The first-order valence-electron chi connectivity index (χ1n) is 9.52. The normalized spacial score (nSPS) is 11.2. The van der Waals surface area contributed by atoms with Gasteiger partial charge < -0.3 is 14.2 Å². The topological polar surface area (TPSA) is 64.6 Å². The molecule has 0 atom stereocenters. The van der Waals surface area contributed by atoms with Crippen LogP contribution in [0, 0.1) is 6.92 Å². The molecule has 158 valence electrons.